The van der Waals surface area contributed by atoms with E-state index in [2.05, 4.69) is 28.2 Å². The normalized spacial score (nSPS) is 16.3. The minimum absolute atomic E-state index is 0.111. The van der Waals surface area contributed by atoms with Crippen molar-refractivity contribution >= 4 is 23.0 Å². The zero-order valence-corrected chi connectivity index (χ0v) is 12.5. The topological polar surface area (TPSA) is 82.4 Å². The summed E-state index contributed by atoms with van der Waals surface area (Å²) in [5, 5.41) is 8.23. The molecule has 2 aliphatic heterocycles. The summed E-state index contributed by atoms with van der Waals surface area (Å²) in [5.74, 6) is 0.676. The molecule has 23 heavy (non-hydrogen) atoms. The molecule has 0 saturated carbocycles. The van der Waals surface area contributed by atoms with E-state index < -0.39 is 0 Å². The van der Waals surface area contributed by atoms with Crippen LogP contribution in [-0.2, 0) is 11.3 Å². The summed E-state index contributed by atoms with van der Waals surface area (Å²) in [5.41, 5.74) is 13.1. The number of nitrogen functional groups attached to an aromatic ring is 1. The summed E-state index contributed by atoms with van der Waals surface area (Å²) in [6, 6.07) is 15.6. The Bertz CT molecular complexity index is 800. The van der Waals surface area contributed by atoms with Gasteiger partial charge in [0.2, 0.25) is 0 Å². The van der Waals surface area contributed by atoms with E-state index in [4.69, 9.17) is 5.73 Å². The van der Waals surface area contributed by atoms with Gasteiger partial charge in [-0.15, -0.1) is 0 Å². The van der Waals surface area contributed by atoms with Crippen LogP contribution in [0.25, 0.3) is 0 Å². The summed E-state index contributed by atoms with van der Waals surface area (Å²) >= 11 is 0. The molecule has 0 aliphatic carbocycles. The lowest BCUT2D eigenvalue weighted by Gasteiger charge is -2.23. The number of hydrogen-bond acceptors (Lipinski definition) is 5. The number of rotatable bonds is 2. The minimum Gasteiger partial charge on any atom is -0.399 e. The van der Waals surface area contributed by atoms with Gasteiger partial charge < -0.3 is 16.4 Å². The summed E-state index contributed by atoms with van der Waals surface area (Å²) < 4.78 is 0. The van der Waals surface area contributed by atoms with Gasteiger partial charge >= 0.3 is 0 Å². The van der Waals surface area contributed by atoms with Gasteiger partial charge in [0, 0.05) is 12.2 Å². The second kappa shape index (κ2) is 5.33. The Morgan fingerprint density at radius 2 is 1.87 bits per heavy atom. The molecule has 116 valence electrons. The van der Waals surface area contributed by atoms with Crippen molar-refractivity contribution in [3.8, 4) is 0 Å². The molecule has 2 heterocycles. The third-order valence-electron chi connectivity index (χ3n) is 4.00. The van der Waals surface area contributed by atoms with Crippen LogP contribution in [0.5, 0.6) is 0 Å². The molecule has 2 aromatic carbocycles. The van der Waals surface area contributed by atoms with Gasteiger partial charge in [-0.2, -0.15) is 0 Å². The van der Waals surface area contributed by atoms with Crippen LogP contribution in [0.15, 0.2) is 59.9 Å². The Kier molecular flexibility index (Phi) is 3.17. The average molecular weight is 307 g/mol. The second-order valence-corrected chi connectivity index (χ2v) is 5.62. The fourth-order valence-electron chi connectivity index (χ4n) is 2.83. The summed E-state index contributed by atoms with van der Waals surface area (Å²) in [4.78, 5) is 12.5. The lowest BCUT2D eigenvalue weighted by molar-refractivity contribution is -0.112. The molecule has 0 atom stereocenters. The van der Waals surface area contributed by atoms with E-state index in [0.29, 0.717) is 30.0 Å². The highest BCUT2D eigenvalue weighted by Crippen LogP contribution is 2.32. The number of benzene rings is 2. The van der Waals surface area contributed by atoms with E-state index >= 15 is 0 Å². The van der Waals surface area contributed by atoms with Crippen molar-refractivity contribution < 1.29 is 4.79 Å². The van der Waals surface area contributed by atoms with Gasteiger partial charge in [0.15, 0.2) is 0 Å². The molecule has 6 nitrogen and oxygen atoms in total. The molecule has 0 aromatic heterocycles. The Balaban J connectivity index is 1.67. The van der Waals surface area contributed by atoms with Crippen molar-refractivity contribution in [1.29, 1.82) is 0 Å². The van der Waals surface area contributed by atoms with E-state index in [-0.39, 0.29) is 5.91 Å². The van der Waals surface area contributed by atoms with Gasteiger partial charge in [0.25, 0.3) is 5.91 Å². The van der Waals surface area contributed by atoms with E-state index in [1.54, 1.807) is 6.07 Å². The predicted molar refractivity (Wildman–Crippen MR) is 90.1 cm³/mol. The standard InChI is InChI=1S/C17H17N5O/c18-12-6-7-14-15(8-12)21-17(23)13-9-19-22(16(13)20-14)10-11-4-2-1-3-5-11/h1-8,19-20H,9-10,18H2,(H,21,23). The highest BCUT2D eigenvalue weighted by molar-refractivity contribution is 6.08. The molecule has 0 unspecified atom stereocenters. The quantitative estimate of drug-likeness (QED) is 0.637. The smallest absolute Gasteiger partial charge is 0.256 e. The van der Waals surface area contributed by atoms with Gasteiger partial charge in [-0.25, -0.2) is 5.43 Å². The van der Waals surface area contributed by atoms with E-state index in [0.717, 1.165) is 17.1 Å². The SMILES string of the molecule is Nc1ccc2c(c1)NC(=O)C1=C(N2)N(Cc2ccccc2)NC1. The van der Waals surface area contributed by atoms with Crippen LogP contribution in [0.2, 0.25) is 0 Å². The molecule has 0 spiro atoms. The van der Waals surface area contributed by atoms with Crippen LogP contribution in [-0.4, -0.2) is 17.5 Å². The average Bonchev–Trinajstić information content (AvgIpc) is 2.87. The number of carbonyl (C=O) groups excluding carboxylic acids is 1. The monoisotopic (exact) mass is 307 g/mol. The van der Waals surface area contributed by atoms with Gasteiger partial charge in [0.1, 0.15) is 5.82 Å². The van der Waals surface area contributed by atoms with Gasteiger partial charge in [-0.1, -0.05) is 30.3 Å². The Labute approximate surface area is 133 Å². The molecule has 1 amide bonds. The van der Waals surface area contributed by atoms with Crippen LogP contribution >= 0.6 is 0 Å². The first kappa shape index (κ1) is 13.7. The number of amides is 1. The maximum Gasteiger partial charge on any atom is 0.256 e. The zero-order chi connectivity index (χ0) is 15.8. The van der Waals surface area contributed by atoms with Crippen LogP contribution in [0.3, 0.4) is 0 Å². The summed E-state index contributed by atoms with van der Waals surface area (Å²) in [7, 11) is 0. The van der Waals surface area contributed by atoms with Gasteiger partial charge in [0.05, 0.1) is 23.5 Å². The van der Waals surface area contributed by atoms with Crippen LogP contribution in [0, 0.1) is 0 Å². The second-order valence-electron chi connectivity index (χ2n) is 5.62. The molecule has 0 bridgehead atoms. The van der Waals surface area contributed by atoms with Crippen LogP contribution in [0.1, 0.15) is 5.56 Å². The Morgan fingerprint density at radius 3 is 2.70 bits per heavy atom. The maximum atomic E-state index is 12.5. The summed E-state index contributed by atoms with van der Waals surface area (Å²) in [6.07, 6.45) is 0. The van der Waals surface area contributed by atoms with E-state index in [1.807, 2.05) is 35.3 Å². The van der Waals surface area contributed by atoms with Crippen molar-refractivity contribution in [1.82, 2.24) is 10.4 Å². The van der Waals surface area contributed by atoms with Crippen LogP contribution < -0.4 is 21.8 Å². The number of carbonyl (C=O) groups is 1. The Hall–Kier alpha value is -2.99. The van der Waals surface area contributed by atoms with Crippen LogP contribution in [0.4, 0.5) is 17.1 Å². The summed E-state index contributed by atoms with van der Waals surface area (Å²) in [6.45, 7) is 1.16. The molecule has 2 aliphatic rings. The predicted octanol–water partition coefficient (Wildman–Crippen LogP) is 1.86. The molecule has 6 heteroatoms. The van der Waals surface area contributed by atoms with Crippen molar-refractivity contribution in [2.75, 3.05) is 22.9 Å². The molecule has 2 aromatic rings. The molecule has 0 radical (unpaired) electrons. The minimum atomic E-state index is -0.111. The number of nitrogens with one attached hydrogen (secondary N) is 3. The fraction of sp³-hybridized carbons (Fsp3) is 0.118. The molecule has 0 fully saturated rings. The zero-order valence-electron chi connectivity index (χ0n) is 12.5. The first-order valence-electron chi connectivity index (χ1n) is 7.47. The molecule has 0 saturated heterocycles. The maximum absolute atomic E-state index is 12.5. The lowest BCUT2D eigenvalue weighted by atomic mass is 10.2. The third kappa shape index (κ3) is 2.49. The first-order chi connectivity index (χ1) is 11.2. The number of hydrazine groups is 1. The molecule has 4 rings (SSSR count). The van der Waals surface area contributed by atoms with Gasteiger partial charge in [-0.05, 0) is 23.8 Å². The molecule has 5 N–H and O–H groups in total. The van der Waals surface area contributed by atoms with Gasteiger partial charge in [-0.3, -0.25) is 9.80 Å². The van der Waals surface area contributed by atoms with E-state index in [9.17, 15) is 4.79 Å². The highest BCUT2D eigenvalue weighted by atomic mass is 16.1. The number of anilines is 3. The largest absolute Gasteiger partial charge is 0.399 e. The van der Waals surface area contributed by atoms with Crippen molar-refractivity contribution in [2.24, 2.45) is 0 Å². The number of fused-ring (bicyclic) bond motifs is 1. The lowest BCUT2D eigenvalue weighted by Crippen LogP contribution is -2.33. The first-order valence-corrected chi connectivity index (χ1v) is 7.47. The van der Waals surface area contributed by atoms with Crippen molar-refractivity contribution in [3.63, 3.8) is 0 Å². The van der Waals surface area contributed by atoms with Crippen molar-refractivity contribution in [3.05, 3.63) is 65.5 Å². The highest BCUT2D eigenvalue weighted by Gasteiger charge is 2.30. The van der Waals surface area contributed by atoms with E-state index in [1.165, 1.54) is 0 Å². The number of nitrogens with zero attached hydrogens (tertiary/aromatic N) is 1. The fourth-order valence-corrected chi connectivity index (χ4v) is 2.83. The molecular weight excluding hydrogens is 290 g/mol. The number of nitrogens with two attached hydrogens (primary N) is 1. The number of hydrogen-bond donors (Lipinski definition) is 4. The molecular formula is C17H17N5O. The third-order valence-corrected chi connectivity index (χ3v) is 4.00. The Morgan fingerprint density at radius 1 is 1.04 bits per heavy atom. The van der Waals surface area contributed by atoms with Crippen molar-refractivity contribution in [2.45, 2.75) is 6.54 Å².